The third-order valence-electron chi connectivity index (χ3n) is 10.2. The topological polar surface area (TPSA) is 111 Å². The van der Waals surface area contributed by atoms with Gasteiger partial charge in [-0.2, -0.15) is 0 Å². The molecule has 1 saturated heterocycles. The zero-order valence-electron chi connectivity index (χ0n) is 32.4. The first kappa shape index (κ1) is 40.6. The minimum Gasteiger partial charge on any atom is -0.460 e. The highest BCUT2D eigenvalue weighted by molar-refractivity contribution is 5.82. The summed E-state index contributed by atoms with van der Waals surface area (Å²) >= 11 is 0. The minimum absolute atomic E-state index is 0.0434. The first-order valence-corrected chi connectivity index (χ1v) is 19.6. The molecule has 1 aliphatic heterocycles. The van der Waals surface area contributed by atoms with Crippen molar-refractivity contribution >= 4 is 12.1 Å². The van der Waals surface area contributed by atoms with Gasteiger partial charge in [0.15, 0.2) is 12.3 Å². The number of fused-ring (bicyclic) bond motifs is 3. The first-order chi connectivity index (χ1) is 28.6. The molecule has 2 aliphatic rings. The number of amides is 1. The number of nitrogens with one attached hydrogen (secondary N) is 1. The van der Waals surface area contributed by atoms with Crippen LogP contribution in [0, 0.1) is 0 Å². The molecule has 0 aromatic heterocycles. The lowest BCUT2D eigenvalue weighted by molar-refractivity contribution is -0.279. The predicted molar refractivity (Wildman–Crippen MR) is 219 cm³/mol. The number of carbonyl (C=O) groups excluding carboxylic acids is 2. The van der Waals surface area contributed by atoms with Crippen LogP contribution in [0.1, 0.15) is 40.2 Å². The Balaban J connectivity index is 1.04. The maximum absolute atomic E-state index is 13.4. The second-order valence-corrected chi connectivity index (χ2v) is 14.2. The van der Waals surface area contributed by atoms with Crippen LogP contribution in [0.2, 0.25) is 0 Å². The van der Waals surface area contributed by atoms with Crippen molar-refractivity contribution in [3.05, 3.63) is 180 Å². The van der Waals surface area contributed by atoms with Crippen LogP contribution in [0.5, 0.6) is 0 Å². The summed E-state index contributed by atoms with van der Waals surface area (Å²) in [7, 11) is 0. The van der Waals surface area contributed by atoms with E-state index >= 15 is 0 Å². The second-order valence-electron chi connectivity index (χ2n) is 14.2. The van der Waals surface area contributed by atoms with Gasteiger partial charge in [0.05, 0.1) is 39.1 Å². The monoisotopic (exact) mass is 783 g/mol. The van der Waals surface area contributed by atoms with E-state index in [1.54, 1.807) is 0 Å². The molecule has 1 aliphatic carbocycles. The van der Waals surface area contributed by atoms with E-state index in [0.717, 1.165) is 38.9 Å². The van der Waals surface area contributed by atoms with Crippen LogP contribution < -0.4 is 5.32 Å². The average molecular weight is 784 g/mol. The third kappa shape index (κ3) is 10.9. The maximum Gasteiger partial charge on any atom is 0.407 e. The van der Waals surface area contributed by atoms with Gasteiger partial charge in [-0.15, -0.1) is 0 Å². The van der Waals surface area contributed by atoms with Crippen molar-refractivity contribution in [3.63, 3.8) is 0 Å². The Morgan fingerprint density at radius 1 is 0.672 bits per heavy atom. The molecule has 0 spiro atoms. The molecule has 1 heterocycles. The Labute approximate surface area is 339 Å². The molecule has 58 heavy (non-hydrogen) atoms. The summed E-state index contributed by atoms with van der Waals surface area (Å²) in [5, 5.41) is 2.67. The molecule has 0 saturated carbocycles. The summed E-state index contributed by atoms with van der Waals surface area (Å²) in [5.74, 6) is -0.852. The summed E-state index contributed by atoms with van der Waals surface area (Å²) in [5.41, 5.74) is 7.41. The van der Waals surface area contributed by atoms with Crippen LogP contribution in [0.25, 0.3) is 11.1 Å². The fourth-order valence-electron chi connectivity index (χ4n) is 7.32. The van der Waals surface area contributed by atoms with E-state index in [1.165, 1.54) is 6.08 Å². The zero-order chi connectivity index (χ0) is 39.9. The van der Waals surface area contributed by atoms with Gasteiger partial charge in [-0.05, 0) is 38.9 Å². The average Bonchev–Trinajstić information content (AvgIpc) is 3.59. The van der Waals surface area contributed by atoms with Crippen molar-refractivity contribution in [2.24, 2.45) is 0 Å². The molecule has 1 fully saturated rings. The molecule has 5 aromatic carbocycles. The molecule has 5 aromatic rings. The van der Waals surface area contributed by atoms with Crippen molar-refractivity contribution in [1.29, 1.82) is 0 Å². The molecule has 300 valence electrons. The predicted octanol–water partition coefficient (Wildman–Crippen LogP) is 8.14. The number of rotatable bonds is 19. The SMILES string of the molecule is C=CCOC(=O)[C@@H](CO[C@@H]1C[C@@H](OCc2ccccc2)[C@H](OCc2ccccc2)[C@@H](COCc2ccccc2)O1)NC(=O)OCC1c2ccccc2-c2ccccc21. The highest BCUT2D eigenvalue weighted by Gasteiger charge is 2.42. The van der Waals surface area contributed by atoms with Crippen molar-refractivity contribution in [3.8, 4) is 11.1 Å². The maximum atomic E-state index is 13.4. The molecular weight excluding hydrogens is 735 g/mol. The highest BCUT2D eigenvalue weighted by atomic mass is 16.7. The zero-order valence-corrected chi connectivity index (χ0v) is 32.4. The van der Waals surface area contributed by atoms with Gasteiger partial charge in [-0.25, -0.2) is 9.59 Å². The van der Waals surface area contributed by atoms with Crippen LogP contribution >= 0.6 is 0 Å². The van der Waals surface area contributed by atoms with E-state index in [1.807, 2.05) is 127 Å². The first-order valence-electron chi connectivity index (χ1n) is 19.6. The number of benzene rings is 5. The van der Waals surface area contributed by atoms with Crippen LogP contribution in [0.4, 0.5) is 4.79 Å². The Bertz CT molecular complexity index is 2020. The summed E-state index contributed by atoms with van der Waals surface area (Å²) in [4.78, 5) is 26.7. The fraction of sp³-hybridized carbons (Fsp3) is 0.292. The summed E-state index contributed by atoms with van der Waals surface area (Å²) in [6.07, 6.45) is -1.49. The molecule has 0 unspecified atom stereocenters. The largest absolute Gasteiger partial charge is 0.460 e. The third-order valence-corrected chi connectivity index (χ3v) is 10.2. The molecule has 7 rings (SSSR count). The number of hydrogen-bond acceptors (Lipinski definition) is 9. The summed E-state index contributed by atoms with van der Waals surface area (Å²) < 4.78 is 43.3. The normalized spacial score (nSPS) is 19.0. The van der Waals surface area contributed by atoms with E-state index in [2.05, 4.69) is 24.0 Å². The number of hydrogen-bond donors (Lipinski definition) is 1. The minimum atomic E-state index is -1.21. The smallest absolute Gasteiger partial charge is 0.407 e. The molecule has 0 radical (unpaired) electrons. The number of ether oxygens (including phenoxy) is 7. The van der Waals surface area contributed by atoms with Crippen molar-refractivity contribution in [2.75, 3.05) is 26.4 Å². The lowest BCUT2D eigenvalue weighted by Crippen LogP contribution is -2.54. The van der Waals surface area contributed by atoms with Crippen LogP contribution in [-0.2, 0) is 57.8 Å². The summed E-state index contributed by atoms with van der Waals surface area (Å²) in [6, 6.07) is 44.7. The van der Waals surface area contributed by atoms with Crippen LogP contribution in [-0.4, -0.2) is 69.1 Å². The lowest BCUT2D eigenvalue weighted by atomic mass is 9.98. The Morgan fingerprint density at radius 2 is 1.22 bits per heavy atom. The molecule has 1 amide bonds. The standard InChI is InChI=1S/C48H49NO9/c1-2-26-53-47(50)42(49-48(51)57-31-41-39-24-14-12-22-37(39)38-23-13-15-25-40(38)41)32-55-45-27-43(54-29-35-18-8-4-9-19-35)46(56-30-36-20-10-5-11-21-36)44(58-45)33-52-28-34-16-6-3-7-17-34/h2-25,41-46H,1,26-33H2,(H,49,51)/t42-,43-,44-,45+,46+/m1/s1. The van der Waals surface area contributed by atoms with E-state index in [0.29, 0.717) is 19.8 Å². The van der Waals surface area contributed by atoms with E-state index in [-0.39, 0.29) is 38.8 Å². The van der Waals surface area contributed by atoms with Gasteiger partial charge >= 0.3 is 12.1 Å². The second kappa shape index (κ2) is 20.7. The highest BCUT2D eigenvalue weighted by Crippen LogP contribution is 2.44. The quantitative estimate of drug-likeness (QED) is 0.0656. The van der Waals surface area contributed by atoms with Gasteiger partial charge in [0.1, 0.15) is 25.4 Å². The Kier molecular flexibility index (Phi) is 14.5. The van der Waals surface area contributed by atoms with Crippen molar-refractivity contribution < 1.29 is 42.7 Å². The van der Waals surface area contributed by atoms with Crippen LogP contribution in [0.15, 0.2) is 152 Å². The molecular formula is C48H49NO9. The molecule has 10 heteroatoms. The Hall–Kier alpha value is -5.62. The lowest BCUT2D eigenvalue weighted by Gasteiger charge is -2.41. The molecule has 1 N–H and O–H groups in total. The summed E-state index contributed by atoms with van der Waals surface area (Å²) in [6.45, 7) is 4.64. The number of alkyl carbamates (subject to hydrolysis) is 1. The number of carbonyl (C=O) groups is 2. The van der Waals surface area contributed by atoms with Gasteiger partial charge in [0.25, 0.3) is 0 Å². The molecule has 10 nitrogen and oxygen atoms in total. The molecule has 5 atom stereocenters. The van der Waals surface area contributed by atoms with E-state index in [9.17, 15) is 9.59 Å². The van der Waals surface area contributed by atoms with Gasteiger partial charge in [-0.3, -0.25) is 0 Å². The molecule has 0 bridgehead atoms. The van der Waals surface area contributed by atoms with Gasteiger partial charge < -0.3 is 38.5 Å². The van der Waals surface area contributed by atoms with Gasteiger partial charge in [-0.1, -0.05) is 152 Å². The van der Waals surface area contributed by atoms with E-state index in [4.69, 9.17) is 33.2 Å². The van der Waals surface area contributed by atoms with Crippen molar-refractivity contribution in [1.82, 2.24) is 5.32 Å². The fourth-order valence-corrected chi connectivity index (χ4v) is 7.32. The van der Waals surface area contributed by atoms with Crippen molar-refractivity contribution in [2.45, 2.75) is 62.8 Å². The van der Waals surface area contributed by atoms with Gasteiger partial charge in [0.2, 0.25) is 0 Å². The number of esters is 1. The van der Waals surface area contributed by atoms with Gasteiger partial charge in [0, 0.05) is 12.3 Å². The van der Waals surface area contributed by atoms with Crippen LogP contribution in [0.3, 0.4) is 0 Å². The Morgan fingerprint density at radius 3 is 1.83 bits per heavy atom. The van der Waals surface area contributed by atoms with E-state index < -0.39 is 42.7 Å².